The van der Waals surface area contributed by atoms with Crippen LogP contribution in [0.25, 0.3) is 0 Å². The van der Waals surface area contributed by atoms with E-state index in [1.165, 1.54) is 5.56 Å². The molecule has 1 unspecified atom stereocenters. The second kappa shape index (κ2) is 9.56. The molecule has 1 rings (SSSR count). The quantitative estimate of drug-likeness (QED) is 0.621. The molecule has 1 heterocycles. The normalized spacial score (nSPS) is 12.8. The van der Waals surface area contributed by atoms with E-state index in [0.717, 1.165) is 6.54 Å². The number of aliphatic hydroxyl groups excluding tert-OH is 1. The van der Waals surface area contributed by atoms with Gasteiger partial charge in [-0.1, -0.05) is 0 Å². The first-order valence-electron chi connectivity index (χ1n) is 5.88. The number of hydrogen-bond acceptors (Lipinski definition) is 5. The van der Waals surface area contributed by atoms with Gasteiger partial charge in [0.05, 0.1) is 25.9 Å². The standard InChI is InChI=1S/C12H21NO3S/c1-2-15-4-5-16-9-12(14)8-13-7-11-3-6-17-10-11/h3,6,10,12-14H,2,4-5,7-9H2,1H3. The lowest BCUT2D eigenvalue weighted by Gasteiger charge is -2.12. The van der Waals surface area contributed by atoms with Crippen molar-refractivity contribution in [3.8, 4) is 0 Å². The fraction of sp³-hybridized carbons (Fsp3) is 0.667. The Kier molecular flexibility index (Phi) is 8.21. The van der Waals surface area contributed by atoms with Crippen molar-refractivity contribution in [2.75, 3.05) is 33.0 Å². The zero-order valence-electron chi connectivity index (χ0n) is 10.2. The van der Waals surface area contributed by atoms with E-state index in [9.17, 15) is 5.11 Å². The molecule has 0 bridgehead atoms. The van der Waals surface area contributed by atoms with Crippen LogP contribution >= 0.6 is 11.3 Å². The lowest BCUT2D eigenvalue weighted by Crippen LogP contribution is -2.30. The van der Waals surface area contributed by atoms with Crippen LogP contribution in [-0.4, -0.2) is 44.2 Å². The number of aliphatic hydroxyl groups is 1. The van der Waals surface area contributed by atoms with Gasteiger partial charge < -0.3 is 19.9 Å². The lowest BCUT2D eigenvalue weighted by atomic mass is 10.3. The Bertz CT molecular complexity index is 267. The fourth-order valence-electron chi connectivity index (χ4n) is 1.32. The first kappa shape index (κ1) is 14.6. The lowest BCUT2D eigenvalue weighted by molar-refractivity contribution is 0.00643. The largest absolute Gasteiger partial charge is 0.389 e. The highest BCUT2D eigenvalue weighted by molar-refractivity contribution is 7.07. The first-order valence-corrected chi connectivity index (χ1v) is 6.82. The van der Waals surface area contributed by atoms with Gasteiger partial charge in [-0.15, -0.1) is 0 Å². The highest BCUT2D eigenvalue weighted by atomic mass is 32.1. The first-order chi connectivity index (χ1) is 8.33. The van der Waals surface area contributed by atoms with Gasteiger partial charge >= 0.3 is 0 Å². The van der Waals surface area contributed by atoms with Crippen molar-refractivity contribution in [2.45, 2.75) is 19.6 Å². The van der Waals surface area contributed by atoms with Gasteiger partial charge in [0.1, 0.15) is 0 Å². The monoisotopic (exact) mass is 259 g/mol. The average molecular weight is 259 g/mol. The predicted octanol–water partition coefficient (Wildman–Crippen LogP) is 1.25. The minimum absolute atomic E-state index is 0.351. The van der Waals surface area contributed by atoms with Gasteiger partial charge in [0.15, 0.2) is 0 Å². The molecular formula is C12H21NO3S. The third kappa shape index (κ3) is 7.46. The number of ether oxygens (including phenoxy) is 2. The molecule has 17 heavy (non-hydrogen) atoms. The summed E-state index contributed by atoms with van der Waals surface area (Å²) in [6.45, 7) is 5.46. The maximum atomic E-state index is 9.61. The Morgan fingerprint density at radius 2 is 2.24 bits per heavy atom. The molecule has 0 aliphatic rings. The summed E-state index contributed by atoms with van der Waals surface area (Å²) in [4.78, 5) is 0. The minimum Gasteiger partial charge on any atom is -0.389 e. The predicted molar refractivity (Wildman–Crippen MR) is 69.3 cm³/mol. The number of hydrogen-bond donors (Lipinski definition) is 2. The molecule has 98 valence electrons. The Morgan fingerprint density at radius 1 is 1.41 bits per heavy atom. The Morgan fingerprint density at radius 3 is 2.94 bits per heavy atom. The Hall–Kier alpha value is -0.460. The summed E-state index contributed by atoms with van der Waals surface area (Å²) >= 11 is 1.68. The summed E-state index contributed by atoms with van der Waals surface area (Å²) in [7, 11) is 0. The molecule has 0 saturated carbocycles. The van der Waals surface area contributed by atoms with E-state index in [-0.39, 0.29) is 0 Å². The van der Waals surface area contributed by atoms with E-state index >= 15 is 0 Å². The van der Waals surface area contributed by atoms with Crippen LogP contribution in [0.15, 0.2) is 16.8 Å². The van der Waals surface area contributed by atoms with Gasteiger partial charge in [-0.05, 0) is 29.3 Å². The molecule has 0 saturated heterocycles. The third-order valence-corrected chi connectivity index (χ3v) is 2.91. The summed E-state index contributed by atoms with van der Waals surface area (Å²) in [6, 6.07) is 2.07. The van der Waals surface area contributed by atoms with E-state index in [4.69, 9.17) is 9.47 Å². The molecule has 1 aromatic rings. The van der Waals surface area contributed by atoms with Crippen LogP contribution in [0.1, 0.15) is 12.5 Å². The average Bonchev–Trinajstić information content (AvgIpc) is 2.82. The molecular weight excluding hydrogens is 238 g/mol. The van der Waals surface area contributed by atoms with Crippen molar-refractivity contribution >= 4 is 11.3 Å². The maximum Gasteiger partial charge on any atom is 0.0897 e. The van der Waals surface area contributed by atoms with Gasteiger partial charge in [0.2, 0.25) is 0 Å². The second-order valence-corrected chi connectivity index (χ2v) is 4.47. The number of nitrogens with one attached hydrogen (secondary N) is 1. The van der Waals surface area contributed by atoms with E-state index < -0.39 is 6.10 Å². The van der Waals surface area contributed by atoms with Crippen molar-refractivity contribution in [1.82, 2.24) is 5.32 Å². The number of thiophene rings is 1. The molecule has 0 aliphatic heterocycles. The maximum absolute atomic E-state index is 9.61. The fourth-order valence-corrected chi connectivity index (χ4v) is 1.99. The number of rotatable bonds is 10. The van der Waals surface area contributed by atoms with Crippen LogP contribution in [0.2, 0.25) is 0 Å². The molecule has 1 aromatic heterocycles. The molecule has 0 fully saturated rings. The molecule has 0 amide bonds. The van der Waals surface area contributed by atoms with Crippen LogP contribution in [0, 0.1) is 0 Å². The molecule has 1 atom stereocenters. The smallest absolute Gasteiger partial charge is 0.0897 e. The van der Waals surface area contributed by atoms with Crippen LogP contribution < -0.4 is 5.32 Å². The highest BCUT2D eigenvalue weighted by Crippen LogP contribution is 2.04. The van der Waals surface area contributed by atoms with Crippen molar-refractivity contribution in [3.05, 3.63) is 22.4 Å². The van der Waals surface area contributed by atoms with E-state index in [0.29, 0.717) is 33.0 Å². The van der Waals surface area contributed by atoms with E-state index in [2.05, 4.69) is 16.8 Å². The van der Waals surface area contributed by atoms with Crippen LogP contribution in [-0.2, 0) is 16.0 Å². The van der Waals surface area contributed by atoms with Crippen LogP contribution in [0.5, 0.6) is 0 Å². The zero-order chi connectivity index (χ0) is 12.3. The van der Waals surface area contributed by atoms with Crippen molar-refractivity contribution in [3.63, 3.8) is 0 Å². The zero-order valence-corrected chi connectivity index (χ0v) is 11.0. The van der Waals surface area contributed by atoms with Crippen LogP contribution in [0.4, 0.5) is 0 Å². The van der Waals surface area contributed by atoms with Gasteiger partial charge in [-0.2, -0.15) is 11.3 Å². The molecule has 0 spiro atoms. The molecule has 4 nitrogen and oxygen atoms in total. The van der Waals surface area contributed by atoms with Crippen molar-refractivity contribution < 1.29 is 14.6 Å². The summed E-state index contributed by atoms with van der Waals surface area (Å²) in [5, 5.41) is 16.9. The Labute approximate surface area is 107 Å². The molecule has 2 N–H and O–H groups in total. The molecule has 0 radical (unpaired) electrons. The topological polar surface area (TPSA) is 50.7 Å². The summed E-state index contributed by atoms with van der Waals surface area (Å²) in [6.07, 6.45) is -0.463. The molecule has 0 aliphatic carbocycles. The summed E-state index contributed by atoms with van der Waals surface area (Å²) in [5.41, 5.74) is 1.25. The minimum atomic E-state index is -0.463. The molecule has 0 aromatic carbocycles. The summed E-state index contributed by atoms with van der Waals surface area (Å²) < 4.78 is 10.4. The van der Waals surface area contributed by atoms with E-state index in [1.54, 1.807) is 11.3 Å². The molecule has 5 heteroatoms. The van der Waals surface area contributed by atoms with Crippen LogP contribution in [0.3, 0.4) is 0 Å². The van der Waals surface area contributed by atoms with Gasteiger partial charge in [-0.25, -0.2) is 0 Å². The SMILES string of the molecule is CCOCCOCC(O)CNCc1ccsc1. The highest BCUT2D eigenvalue weighted by Gasteiger charge is 2.03. The summed E-state index contributed by atoms with van der Waals surface area (Å²) in [5.74, 6) is 0. The van der Waals surface area contributed by atoms with E-state index in [1.807, 2.05) is 12.3 Å². The van der Waals surface area contributed by atoms with Gasteiger partial charge in [-0.3, -0.25) is 0 Å². The van der Waals surface area contributed by atoms with Gasteiger partial charge in [0, 0.05) is 19.7 Å². The third-order valence-electron chi connectivity index (χ3n) is 2.18. The van der Waals surface area contributed by atoms with Crippen molar-refractivity contribution in [1.29, 1.82) is 0 Å². The second-order valence-electron chi connectivity index (χ2n) is 3.69. The Balaban J connectivity index is 1.92. The van der Waals surface area contributed by atoms with Gasteiger partial charge in [0.25, 0.3) is 0 Å². The van der Waals surface area contributed by atoms with Crippen molar-refractivity contribution in [2.24, 2.45) is 0 Å².